The molecule has 0 spiro atoms. The van der Waals surface area contributed by atoms with Crippen LogP contribution in [0.2, 0.25) is 0 Å². The average molecular weight is 302 g/mol. The van der Waals surface area contributed by atoms with E-state index < -0.39 is 0 Å². The van der Waals surface area contributed by atoms with Gasteiger partial charge < -0.3 is 9.84 Å². The van der Waals surface area contributed by atoms with E-state index in [-0.39, 0.29) is 29.6 Å². The summed E-state index contributed by atoms with van der Waals surface area (Å²) in [7, 11) is 0. The maximum atomic E-state index is 13.3. The van der Waals surface area contributed by atoms with E-state index in [1.165, 1.54) is 12.1 Å². The number of carbonyl (C=O) groups is 1. The van der Waals surface area contributed by atoms with Crippen molar-refractivity contribution in [3.63, 3.8) is 0 Å². The molecule has 1 aliphatic carbocycles. The van der Waals surface area contributed by atoms with Crippen LogP contribution in [-0.2, 0) is 0 Å². The molecule has 2 atom stereocenters. The normalized spacial score (nSPS) is 20.2. The molecule has 1 aromatic carbocycles. The summed E-state index contributed by atoms with van der Waals surface area (Å²) in [5.41, 5.74) is 2.06. The van der Waals surface area contributed by atoms with E-state index in [2.05, 4.69) is 10.5 Å². The maximum Gasteiger partial charge on any atom is 0.257 e. The molecule has 0 bridgehead atoms. The van der Waals surface area contributed by atoms with Gasteiger partial charge in [0.25, 0.3) is 5.91 Å². The van der Waals surface area contributed by atoms with Gasteiger partial charge >= 0.3 is 0 Å². The second-order valence-corrected chi connectivity index (χ2v) is 6.14. The van der Waals surface area contributed by atoms with Crippen LogP contribution >= 0.6 is 0 Å². The van der Waals surface area contributed by atoms with Gasteiger partial charge in [-0.2, -0.15) is 0 Å². The molecule has 0 radical (unpaired) electrons. The summed E-state index contributed by atoms with van der Waals surface area (Å²) in [5.74, 6) is 0.484. The van der Waals surface area contributed by atoms with E-state index in [4.69, 9.17) is 4.52 Å². The van der Waals surface area contributed by atoms with Crippen LogP contribution in [0.1, 0.15) is 59.5 Å². The Bertz CT molecular complexity index is 708. The molecule has 0 saturated heterocycles. The second-order valence-electron chi connectivity index (χ2n) is 6.14. The summed E-state index contributed by atoms with van der Waals surface area (Å²) >= 11 is 0. The molecule has 2 aromatic rings. The first kappa shape index (κ1) is 14.8. The van der Waals surface area contributed by atoms with Gasteiger partial charge in [-0.3, -0.25) is 4.79 Å². The van der Waals surface area contributed by atoms with Crippen molar-refractivity contribution in [2.24, 2.45) is 0 Å². The first-order valence-corrected chi connectivity index (χ1v) is 7.50. The molecule has 5 heteroatoms. The Morgan fingerprint density at radius 3 is 2.91 bits per heavy atom. The monoisotopic (exact) mass is 302 g/mol. The minimum atomic E-state index is -0.244. The fraction of sp³-hybridized carbons (Fsp3) is 0.412. The highest BCUT2D eigenvalue weighted by atomic mass is 19.1. The van der Waals surface area contributed by atoms with Crippen LogP contribution < -0.4 is 5.32 Å². The molecule has 0 unspecified atom stereocenters. The minimum Gasteiger partial charge on any atom is -0.360 e. The largest absolute Gasteiger partial charge is 0.360 e. The highest BCUT2D eigenvalue weighted by Gasteiger charge is 2.40. The predicted molar refractivity (Wildman–Crippen MR) is 80.3 cm³/mol. The van der Waals surface area contributed by atoms with Gasteiger partial charge in [0.1, 0.15) is 11.4 Å². The first-order valence-electron chi connectivity index (χ1n) is 7.50. The zero-order chi connectivity index (χ0) is 15.9. The fourth-order valence-corrected chi connectivity index (χ4v) is 2.76. The number of carbonyl (C=O) groups excluding carboxylic acids is 1. The van der Waals surface area contributed by atoms with Crippen molar-refractivity contribution in [3.05, 3.63) is 52.7 Å². The van der Waals surface area contributed by atoms with Gasteiger partial charge in [0.2, 0.25) is 0 Å². The maximum absolute atomic E-state index is 13.3. The third kappa shape index (κ3) is 2.75. The number of nitrogens with zero attached hydrogens (tertiary/aromatic N) is 1. The van der Waals surface area contributed by atoms with Crippen LogP contribution in [0.4, 0.5) is 4.39 Å². The molecule has 1 aromatic heterocycles. The molecule has 1 aliphatic rings. The van der Waals surface area contributed by atoms with Crippen molar-refractivity contribution >= 4 is 5.91 Å². The fourth-order valence-electron chi connectivity index (χ4n) is 2.76. The summed E-state index contributed by atoms with van der Waals surface area (Å²) in [5, 5.41) is 6.89. The lowest BCUT2D eigenvalue weighted by Crippen LogP contribution is -2.27. The number of benzene rings is 1. The Morgan fingerprint density at radius 2 is 2.23 bits per heavy atom. The van der Waals surface area contributed by atoms with Crippen molar-refractivity contribution in [1.82, 2.24) is 10.5 Å². The van der Waals surface area contributed by atoms with E-state index in [9.17, 15) is 9.18 Å². The van der Waals surface area contributed by atoms with Gasteiger partial charge in [-0.05, 0) is 31.0 Å². The lowest BCUT2D eigenvalue weighted by Gasteiger charge is -2.07. The number of aryl methyl sites for hydroxylation is 1. The SMILES string of the molecule is Cc1noc(C(C)C)c1C(=O)N[C@H]1C[C@H]1c1cccc(F)c1. The van der Waals surface area contributed by atoms with E-state index in [0.717, 1.165) is 12.0 Å². The van der Waals surface area contributed by atoms with Gasteiger partial charge in [-0.25, -0.2) is 4.39 Å². The summed E-state index contributed by atoms with van der Waals surface area (Å²) < 4.78 is 18.5. The van der Waals surface area contributed by atoms with E-state index in [1.807, 2.05) is 19.9 Å². The molecule has 4 nitrogen and oxygen atoms in total. The van der Waals surface area contributed by atoms with Crippen molar-refractivity contribution < 1.29 is 13.7 Å². The highest BCUT2D eigenvalue weighted by Crippen LogP contribution is 2.41. The van der Waals surface area contributed by atoms with Crippen molar-refractivity contribution in [2.75, 3.05) is 0 Å². The Morgan fingerprint density at radius 1 is 1.45 bits per heavy atom. The van der Waals surface area contributed by atoms with E-state index in [1.54, 1.807) is 13.0 Å². The quantitative estimate of drug-likeness (QED) is 0.940. The van der Waals surface area contributed by atoms with E-state index in [0.29, 0.717) is 17.0 Å². The van der Waals surface area contributed by atoms with Crippen LogP contribution in [-0.4, -0.2) is 17.1 Å². The van der Waals surface area contributed by atoms with Crippen molar-refractivity contribution in [2.45, 2.75) is 45.1 Å². The number of halogens is 1. The molecule has 1 saturated carbocycles. The molecule has 0 aliphatic heterocycles. The van der Waals surface area contributed by atoms with Gasteiger partial charge in [0.15, 0.2) is 5.76 Å². The number of rotatable bonds is 4. The number of nitrogens with one attached hydrogen (secondary N) is 1. The van der Waals surface area contributed by atoms with E-state index >= 15 is 0 Å². The molecule has 1 N–H and O–H groups in total. The van der Waals surface area contributed by atoms with Crippen LogP contribution in [0, 0.1) is 12.7 Å². The molecular formula is C17H19FN2O2. The van der Waals surface area contributed by atoms with Crippen LogP contribution in [0.3, 0.4) is 0 Å². The third-order valence-electron chi connectivity index (χ3n) is 4.02. The number of amides is 1. The Kier molecular flexibility index (Phi) is 3.72. The predicted octanol–water partition coefficient (Wildman–Crippen LogP) is 3.53. The number of aromatic nitrogens is 1. The Balaban J connectivity index is 1.71. The summed E-state index contributed by atoms with van der Waals surface area (Å²) in [6.07, 6.45) is 0.830. The Hall–Kier alpha value is -2.17. The van der Waals surface area contributed by atoms with Gasteiger partial charge in [0.05, 0.1) is 5.69 Å². The molecule has 116 valence electrons. The molecule has 3 rings (SSSR count). The molecule has 1 heterocycles. The average Bonchev–Trinajstić information content (AvgIpc) is 3.10. The highest BCUT2D eigenvalue weighted by molar-refractivity contribution is 5.96. The first-order chi connectivity index (χ1) is 10.5. The zero-order valence-corrected chi connectivity index (χ0v) is 12.9. The van der Waals surface area contributed by atoms with Crippen molar-refractivity contribution in [1.29, 1.82) is 0 Å². The zero-order valence-electron chi connectivity index (χ0n) is 12.9. The summed E-state index contributed by atoms with van der Waals surface area (Å²) in [6, 6.07) is 6.59. The lowest BCUT2D eigenvalue weighted by molar-refractivity contribution is 0.0947. The standard InChI is InChI=1S/C17H19FN2O2/c1-9(2)16-15(10(3)20-22-16)17(21)19-14-8-13(14)11-5-4-6-12(18)7-11/h4-7,9,13-14H,8H2,1-3H3,(H,19,21)/t13-,14-/m0/s1. The van der Waals surface area contributed by atoms with Gasteiger partial charge in [0, 0.05) is 17.9 Å². The second kappa shape index (κ2) is 5.55. The van der Waals surface area contributed by atoms with Crippen LogP contribution in [0.15, 0.2) is 28.8 Å². The van der Waals surface area contributed by atoms with Crippen LogP contribution in [0.5, 0.6) is 0 Å². The number of hydrogen-bond donors (Lipinski definition) is 1. The molecular weight excluding hydrogens is 283 g/mol. The minimum absolute atomic E-state index is 0.0450. The van der Waals surface area contributed by atoms with Gasteiger partial charge in [-0.1, -0.05) is 31.1 Å². The lowest BCUT2D eigenvalue weighted by atomic mass is 10.0. The topological polar surface area (TPSA) is 55.1 Å². The molecule has 1 amide bonds. The summed E-state index contributed by atoms with van der Waals surface area (Å²) in [4.78, 5) is 12.5. The molecule has 22 heavy (non-hydrogen) atoms. The summed E-state index contributed by atoms with van der Waals surface area (Å²) in [6.45, 7) is 5.69. The van der Waals surface area contributed by atoms with Crippen LogP contribution in [0.25, 0.3) is 0 Å². The number of hydrogen-bond acceptors (Lipinski definition) is 3. The van der Waals surface area contributed by atoms with Gasteiger partial charge in [-0.15, -0.1) is 0 Å². The van der Waals surface area contributed by atoms with Crippen molar-refractivity contribution in [3.8, 4) is 0 Å². The third-order valence-corrected chi connectivity index (χ3v) is 4.02. The molecule has 1 fully saturated rings. The smallest absolute Gasteiger partial charge is 0.257 e. The Labute approximate surface area is 128 Å².